The Morgan fingerprint density at radius 2 is 1.77 bits per heavy atom. The van der Waals surface area contributed by atoms with Crippen LogP contribution in [-0.4, -0.2) is 35.1 Å². The van der Waals surface area contributed by atoms with E-state index in [0.29, 0.717) is 47.4 Å². The number of benzene rings is 4. The van der Waals surface area contributed by atoms with Crippen LogP contribution in [0.15, 0.2) is 96.4 Å². The molecular weight excluding hydrogens is 584 g/mol. The summed E-state index contributed by atoms with van der Waals surface area (Å²) >= 11 is 6.89. The fourth-order valence-corrected chi connectivity index (χ4v) is 5.77. The summed E-state index contributed by atoms with van der Waals surface area (Å²) in [6, 6.07) is 24.7. The van der Waals surface area contributed by atoms with Gasteiger partial charge in [0.2, 0.25) is 5.91 Å². The number of anilines is 1. The van der Waals surface area contributed by atoms with Crippen molar-refractivity contribution in [1.29, 1.82) is 0 Å². The van der Waals surface area contributed by atoms with Gasteiger partial charge in [0.1, 0.15) is 13.2 Å². The summed E-state index contributed by atoms with van der Waals surface area (Å²) in [7, 11) is 0. The number of nitrogens with zero attached hydrogens (tertiary/aromatic N) is 1. The van der Waals surface area contributed by atoms with Crippen LogP contribution >= 0.6 is 23.4 Å². The fraction of sp³-hybridized carbons (Fsp3) is 0.147. The van der Waals surface area contributed by atoms with Crippen LogP contribution in [0.4, 0.5) is 10.5 Å². The Hall–Kier alpha value is -4.53. The molecule has 1 aliphatic heterocycles. The quantitative estimate of drug-likeness (QED) is 0.137. The molecule has 0 atom stereocenters. The SMILES string of the molecule is C=CCc1cc(/C=C2/SC(=O)N(CC(=O)Nc3ccccc3Cl)C2=O)cc(OCC)c1OCc1cccc2ccccc12. The van der Waals surface area contributed by atoms with Crippen molar-refractivity contribution in [2.75, 3.05) is 18.5 Å². The number of halogens is 1. The molecule has 1 saturated heterocycles. The number of ether oxygens (including phenoxy) is 2. The summed E-state index contributed by atoms with van der Waals surface area (Å²) < 4.78 is 12.3. The Kier molecular flexibility index (Phi) is 9.49. The van der Waals surface area contributed by atoms with Gasteiger partial charge in [0.15, 0.2) is 11.5 Å². The van der Waals surface area contributed by atoms with E-state index in [4.69, 9.17) is 21.1 Å². The Balaban J connectivity index is 1.38. The highest BCUT2D eigenvalue weighted by atomic mass is 35.5. The first kappa shape index (κ1) is 29.9. The number of thioether (sulfide) groups is 1. The Morgan fingerprint density at radius 1 is 1.00 bits per heavy atom. The molecule has 1 N–H and O–H groups in total. The van der Waals surface area contributed by atoms with Crippen molar-refractivity contribution in [2.24, 2.45) is 0 Å². The monoisotopic (exact) mass is 612 g/mol. The lowest BCUT2D eigenvalue weighted by Crippen LogP contribution is -2.36. The van der Waals surface area contributed by atoms with Gasteiger partial charge >= 0.3 is 0 Å². The lowest BCUT2D eigenvalue weighted by atomic mass is 10.0. The third kappa shape index (κ3) is 6.93. The van der Waals surface area contributed by atoms with Gasteiger partial charge < -0.3 is 14.8 Å². The van der Waals surface area contributed by atoms with Crippen LogP contribution in [-0.2, 0) is 22.6 Å². The number of amides is 3. The number of nitrogens with one attached hydrogen (secondary N) is 1. The summed E-state index contributed by atoms with van der Waals surface area (Å²) in [6.07, 6.45) is 3.89. The van der Waals surface area contributed by atoms with Crippen molar-refractivity contribution >= 4 is 63.0 Å². The Labute approximate surface area is 259 Å². The standard InChI is InChI=1S/C34H29ClN2O5S/c1-3-10-24-17-22(18-29(41-4-2)32(24)42-21-25-13-9-12-23-11-5-6-14-26(23)25)19-30-33(39)37(34(40)43-30)20-31(38)36-28-16-8-7-15-27(28)35/h3,5-9,11-19H,1,4,10,20-21H2,2H3,(H,36,38)/b30-19+. The largest absolute Gasteiger partial charge is 0.490 e. The van der Waals surface area contributed by atoms with Gasteiger partial charge in [0.05, 0.1) is 22.2 Å². The molecule has 1 aliphatic rings. The van der Waals surface area contributed by atoms with Gasteiger partial charge in [-0.15, -0.1) is 6.58 Å². The van der Waals surface area contributed by atoms with E-state index in [1.807, 2.05) is 37.3 Å². The van der Waals surface area contributed by atoms with Gasteiger partial charge in [-0.05, 0) is 77.3 Å². The molecule has 5 rings (SSSR count). The van der Waals surface area contributed by atoms with Crippen LogP contribution in [0.5, 0.6) is 11.5 Å². The van der Waals surface area contributed by atoms with E-state index < -0.39 is 23.6 Å². The van der Waals surface area contributed by atoms with Gasteiger partial charge in [-0.2, -0.15) is 0 Å². The Bertz CT molecular complexity index is 1750. The molecule has 218 valence electrons. The van der Waals surface area contributed by atoms with Crippen molar-refractivity contribution in [2.45, 2.75) is 20.0 Å². The van der Waals surface area contributed by atoms with E-state index in [1.54, 1.807) is 42.5 Å². The summed E-state index contributed by atoms with van der Waals surface area (Å²) in [6.45, 7) is 6.08. The highest BCUT2D eigenvalue weighted by Crippen LogP contribution is 2.38. The number of carbonyl (C=O) groups is 3. The van der Waals surface area contributed by atoms with Crippen molar-refractivity contribution in [3.8, 4) is 11.5 Å². The highest BCUT2D eigenvalue weighted by molar-refractivity contribution is 8.18. The molecule has 0 spiro atoms. The number of carbonyl (C=O) groups excluding carboxylic acids is 3. The predicted octanol–water partition coefficient (Wildman–Crippen LogP) is 7.87. The zero-order valence-corrected chi connectivity index (χ0v) is 25.0. The normalized spacial score (nSPS) is 13.9. The minimum atomic E-state index is -0.552. The minimum Gasteiger partial charge on any atom is -0.490 e. The van der Waals surface area contributed by atoms with E-state index in [2.05, 4.69) is 30.1 Å². The lowest BCUT2D eigenvalue weighted by molar-refractivity contribution is -0.127. The zero-order valence-electron chi connectivity index (χ0n) is 23.5. The molecule has 43 heavy (non-hydrogen) atoms. The summed E-state index contributed by atoms with van der Waals surface area (Å²) in [5.41, 5.74) is 2.92. The number of imide groups is 1. The molecule has 3 amide bonds. The second-order valence-corrected chi connectivity index (χ2v) is 11.1. The van der Waals surface area contributed by atoms with E-state index in [-0.39, 0.29) is 4.91 Å². The summed E-state index contributed by atoms with van der Waals surface area (Å²) in [5, 5.41) is 4.71. The molecule has 0 radical (unpaired) electrons. The maximum absolute atomic E-state index is 13.2. The van der Waals surface area contributed by atoms with Crippen LogP contribution in [0.2, 0.25) is 5.02 Å². The third-order valence-electron chi connectivity index (χ3n) is 6.69. The number of hydrogen-bond acceptors (Lipinski definition) is 6. The molecule has 1 heterocycles. The second kappa shape index (κ2) is 13.6. The lowest BCUT2D eigenvalue weighted by Gasteiger charge is -2.17. The predicted molar refractivity (Wildman–Crippen MR) is 173 cm³/mol. The average molecular weight is 613 g/mol. The van der Waals surface area contributed by atoms with Gasteiger partial charge in [-0.25, -0.2) is 0 Å². The number of hydrogen-bond donors (Lipinski definition) is 1. The Morgan fingerprint density at radius 3 is 2.56 bits per heavy atom. The van der Waals surface area contributed by atoms with Crippen molar-refractivity contribution < 1.29 is 23.9 Å². The van der Waals surface area contributed by atoms with Crippen LogP contribution in [0.3, 0.4) is 0 Å². The molecule has 0 aliphatic carbocycles. The van der Waals surface area contributed by atoms with Gasteiger partial charge in [0, 0.05) is 5.56 Å². The van der Waals surface area contributed by atoms with E-state index in [0.717, 1.165) is 38.6 Å². The molecule has 0 aromatic heterocycles. The van der Waals surface area contributed by atoms with E-state index in [9.17, 15) is 14.4 Å². The number of para-hydroxylation sites is 1. The van der Waals surface area contributed by atoms with E-state index >= 15 is 0 Å². The first-order valence-corrected chi connectivity index (χ1v) is 14.9. The van der Waals surface area contributed by atoms with Crippen molar-refractivity contribution in [3.63, 3.8) is 0 Å². The first-order chi connectivity index (χ1) is 20.9. The highest BCUT2D eigenvalue weighted by Gasteiger charge is 2.36. The molecule has 0 saturated carbocycles. The zero-order chi connectivity index (χ0) is 30.3. The van der Waals surface area contributed by atoms with Crippen LogP contribution < -0.4 is 14.8 Å². The molecule has 4 aromatic rings. The topological polar surface area (TPSA) is 84.9 Å². The molecule has 9 heteroatoms. The van der Waals surface area contributed by atoms with Crippen LogP contribution in [0.25, 0.3) is 16.8 Å². The van der Waals surface area contributed by atoms with Gasteiger partial charge in [-0.1, -0.05) is 72.3 Å². The van der Waals surface area contributed by atoms with E-state index in [1.165, 1.54) is 0 Å². The van der Waals surface area contributed by atoms with Crippen molar-refractivity contribution in [1.82, 2.24) is 4.90 Å². The average Bonchev–Trinajstić information content (AvgIpc) is 3.25. The van der Waals surface area contributed by atoms with Crippen LogP contribution in [0, 0.1) is 0 Å². The smallest absolute Gasteiger partial charge is 0.294 e. The second-order valence-electron chi connectivity index (χ2n) is 9.66. The molecule has 1 fully saturated rings. The number of allylic oxidation sites excluding steroid dienone is 1. The number of fused-ring (bicyclic) bond motifs is 1. The van der Waals surface area contributed by atoms with Gasteiger partial charge in [-0.3, -0.25) is 19.3 Å². The molecule has 0 bridgehead atoms. The molecule has 4 aromatic carbocycles. The molecular formula is C34H29ClN2O5S. The fourth-order valence-electron chi connectivity index (χ4n) is 4.75. The summed E-state index contributed by atoms with van der Waals surface area (Å²) in [4.78, 5) is 39.6. The maximum atomic E-state index is 13.2. The van der Waals surface area contributed by atoms with Gasteiger partial charge in [0.25, 0.3) is 11.1 Å². The maximum Gasteiger partial charge on any atom is 0.294 e. The number of rotatable bonds is 11. The van der Waals surface area contributed by atoms with Crippen molar-refractivity contribution in [3.05, 3.63) is 118 Å². The third-order valence-corrected chi connectivity index (χ3v) is 7.93. The van der Waals surface area contributed by atoms with Crippen LogP contribution in [0.1, 0.15) is 23.6 Å². The summed E-state index contributed by atoms with van der Waals surface area (Å²) in [5.74, 6) is 0.0305. The minimum absolute atomic E-state index is 0.201. The first-order valence-electron chi connectivity index (χ1n) is 13.7. The molecule has 7 nitrogen and oxygen atoms in total. The molecule has 0 unspecified atom stereocenters.